The Hall–Kier alpha value is -2.70. The normalized spacial score (nSPS) is 15.2. The van der Waals surface area contributed by atoms with Crippen LogP contribution in [0.25, 0.3) is 11.4 Å². The molecule has 1 saturated heterocycles. The quantitative estimate of drug-likeness (QED) is 0.548. The molecule has 4 rings (SSSR count). The molecule has 0 saturated carbocycles. The molecule has 2 aromatic carbocycles. The summed E-state index contributed by atoms with van der Waals surface area (Å²) in [5, 5.41) is 4.65. The van der Waals surface area contributed by atoms with Gasteiger partial charge in [0.05, 0.1) is 6.54 Å². The monoisotopic (exact) mass is 438 g/mol. The van der Waals surface area contributed by atoms with Crippen molar-refractivity contribution in [3.63, 3.8) is 0 Å². The molecule has 0 aliphatic carbocycles. The largest absolute Gasteiger partial charge is 0.337 e. The van der Waals surface area contributed by atoms with Crippen LogP contribution in [0.15, 0.2) is 53.1 Å². The molecular weight excluding hydrogens is 412 g/mol. The number of rotatable bonds is 6. The number of nitrogens with zero attached hydrogens (tertiary/aromatic N) is 4. The minimum Gasteiger partial charge on any atom is -0.337 e. The van der Waals surface area contributed by atoms with E-state index < -0.39 is 0 Å². The molecule has 1 aromatic heterocycles. The van der Waals surface area contributed by atoms with Crippen LogP contribution in [0.1, 0.15) is 41.6 Å². The van der Waals surface area contributed by atoms with E-state index in [0.29, 0.717) is 22.3 Å². The van der Waals surface area contributed by atoms with Crippen LogP contribution < -0.4 is 0 Å². The lowest BCUT2D eigenvalue weighted by Crippen LogP contribution is -2.32. The van der Waals surface area contributed by atoms with Crippen LogP contribution in [0.3, 0.4) is 0 Å². The van der Waals surface area contributed by atoms with Gasteiger partial charge in [0.1, 0.15) is 0 Å². The van der Waals surface area contributed by atoms with E-state index in [0.717, 1.165) is 31.1 Å². The lowest BCUT2D eigenvalue weighted by Gasteiger charge is -2.30. The van der Waals surface area contributed by atoms with E-state index in [1.54, 1.807) is 24.1 Å². The van der Waals surface area contributed by atoms with Gasteiger partial charge in [-0.3, -0.25) is 9.69 Å². The number of hydrogen-bond acceptors (Lipinski definition) is 5. The van der Waals surface area contributed by atoms with Crippen molar-refractivity contribution in [1.82, 2.24) is 19.9 Å². The van der Waals surface area contributed by atoms with E-state index in [-0.39, 0.29) is 12.5 Å². The third kappa shape index (κ3) is 5.51. The molecule has 7 heteroatoms. The summed E-state index contributed by atoms with van der Waals surface area (Å²) in [7, 11) is 1.73. The molecule has 6 nitrogen and oxygen atoms in total. The van der Waals surface area contributed by atoms with E-state index in [1.165, 1.54) is 18.4 Å². The number of aromatic nitrogens is 2. The maximum atomic E-state index is 12.8. The second kappa shape index (κ2) is 9.62. The van der Waals surface area contributed by atoms with Gasteiger partial charge in [-0.2, -0.15) is 4.98 Å². The van der Waals surface area contributed by atoms with Crippen molar-refractivity contribution < 1.29 is 9.32 Å². The molecule has 162 valence electrons. The van der Waals surface area contributed by atoms with Crippen LogP contribution in [0, 0.1) is 5.92 Å². The second-order valence-corrected chi connectivity index (χ2v) is 8.77. The zero-order valence-corrected chi connectivity index (χ0v) is 18.7. The molecule has 0 atom stereocenters. The van der Waals surface area contributed by atoms with E-state index in [4.69, 9.17) is 16.1 Å². The fraction of sp³-hybridized carbons (Fsp3) is 0.375. The zero-order chi connectivity index (χ0) is 21.8. The first-order valence-corrected chi connectivity index (χ1v) is 11.0. The molecule has 0 spiro atoms. The van der Waals surface area contributed by atoms with Crippen LogP contribution in [0.2, 0.25) is 5.02 Å². The molecule has 0 bridgehead atoms. The summed E-state index contributed by atoms with van der Waals surface area (Å²) >= 11 is 5.92. The Morgan fingerprint density at radius 2 is 1.81 bits per heavy atom. The Bertz CT molecular complexity index is 1010. The number of benzene rings is 2. The van der Waals surface area contributed by atoms with Gasteiger partial charge >= 0.3 is 0 Å². The van der Waals surface area contributed by atoms with Gasteiger partial charge in [-0.15, -0.1) is 0 Å². The predicted molar refractivity (Wildman–Crippen MR) is 121 cm³/mol. The molecule has 1 aliphatic heterocycles. The Balaban J connectivity index is 1.34. The minimum atomic E-state index is -0.0791. The van der Waals surface area contributed by atoms with Crippen molar-refractivity contribution in [3.05, 3.63) is 70.6 Å². The summed E-state index contributed by atoms with van der Waals surface area (Å²) in [5.41, 5.74) is 2.70. The van der Waals surface area contributed by atoms with Gasteiger partial charge in [0.2, 0.25) is 11.7 Å². The van der Waals surface area contributed by atoms with Crippen LogP contribution in [0.5, 0.6) is 0 Å². The fourth-order valence-corrected chi connectivity index (χ4v) is 3.89. The molecular formula is C24H27ClN4O2. The maximum absolute atomic E-state index is 12.8. The van der Waals surface area contributed by atoms with Gasteiger partial charge in [0, 0.05) is 29.7 Å². The summed E-state index contributed by atoms with van der Waals surface area (Å²) in [6.45, 7) is 5.79. The highest BCUT2D eigenvalue weighted by molar-refractivity contribution is 6.30. The standard InChI is InChI=1S/C24H27ClN4O2/c1-17-11-13-29(14-12-17)15-18-3-5-20(6-4-18)24(30)28(2)16-22-26-23(27-31-22)19-7-9-21(25)10-8-19/h3-10,17H,11-16H2,1-2H3. The van der Waals surface area contributed by atoms with Crippen molar-refractivity contribution in [2.24, 2.45) is 5.92 Å². The molecule has 31 heavy (non-hydrogen) atoms. The van der Waals surface area contributed by atoms with Gasteiger partial charge in [0.25, 0.3) is 5.91 Å². The van der Waals surface area contributed by atoms with Crippen LogP contribution >= 0.6 is 11.6 Å². The van der Waals surface area contributed by atoms with Crippen molar-refractivity contribution in [2.75, 3.05) is 20.1 Å². The summed E-state index contributed by atoms with van der Waals surface area (Å²) in [6, 6.07) is 15.1. The number of piperidine rings is 1. The zero-order valence-electron chi connectivity index (χ0n) is 17.9. The molecule has 0 unspecified atom stereocenters. The highest BCUT2D eigenvalue weighted by atomic mass is 35.5. The Labute approximate surface area is 187 Å². The molecule has 1 fully saturated rings. The SMILES string of the molecule is CC1CCN(Cc2ccc(C(=O)N(C)Cc3nc(-c4ccc(Cl)cc4)no3)cc2)CC1. The number of carbonyl (C=O) groups is 1. The molecule has 1 aliphatic rings. The fourth-order valence-electron chi connectivity index (χ4n) is 3.76. The van der Waals surface area contributed by atoms with E-state index >= 15 is 0 Å². The van der Waals surface area contributed by atoms with Crippen LogP contribution in [0.4, 0.5) is 0 Å². The molecule has 2 heterocycles. The van der Waals surface area contributed by atoms with Crippen molar-refractivity contribution in [1.29, 1.82) is 0 Å². The first-order chi connectivity index (χ1) is 15.0. The van der Waals surface area contributed by atoms with Gasteiger partial charge in [0.15, 0.2) is 0 Å². The highest BCUT2D eigenvalue weighted by Gasteiger charge is 2.18. The Kier molecular flexibility index (Phi) is 6.68. The van der Waals surface area contributed by atoms with Crippen LogP contribution in [-0.2, 0) is 13.1 Å². The second-order valence-electron chi connectivity index (χ2n) is 8.34. The predicted octanol–water partition coefficient (Wildman–Crippen LogP) is 4.89. The third-order valence-corrected chi connectivity index (χ3v) is 6.02. The summed E-state index contributed by atoms with van der Waals surface area (Å²) in [4.78, 5) is 21.3. The summed E-state index contributed by atoms with van der Waals surface area (Å²) in [5.74, 6) is 1.61. The average molecular weight is 439 g/mol. The van der Waals surface area contributed by atoms with Crippen molar-refractivity contribution >= 4 is 17.5 Å². The first kappa shape index (κ1) is 21.5. The lowest BCUT2D eigenvalue weighted by molar-refractivity contribution is 0.0769. The summed E-state index contributed by atoms with van der Waals surface area (Å²) < 4.78 is 5.32. The van der Waals surface area contributed by atoms with Gasteiger partial charge in [-0.25, -0.2) is 0 Å². The van der Waals surface area contributed by atoms with Gasteiger partial charge < -0.3 is 9.42 Å². The Morgan fingerprint density at radius 3 is 2.48 bits per heavy atom. The average Bonchev–Trinajstić information content (AvgIpc) is 3.24. The molecule has 1 amide bonds. The number of carbonyl (C=O) groups excluding carboxylic acids is 1. The number of amides is 1. The van der Waals surface area contributed by atoms with Gasteiger partial charge in [-0.1, -0.05) is 35.8 Å². The maximum Gasteiger partial charge on any atom is 0.254 e. The first-order valence-electron chi connectivity index (χ1n) is 10.6. The summed E-state index contributed by atoms with van der Waals surface area (Å²) in [6.07, 6.45) is 2.52. The van der Waals surface area contributed by atoms with E-state index in [1.807, 2.05) is 36.4 Å². The van der Waals surface area contributed by atoms with E-state index in [9.17, 15) is 4.79 Å². The highest BCUT2D eigenvalue weighted by Crippen LogP contribution is 2.20. The van der Waals surface area contributed by atoms with Gasteiger partial charge in [-0.05, 0) is 73.8 Å². The number of likely N-dealkylation sites (tertiary alicyclic amines) is 1. The lowest BCUT2D eigenvalue weighted by atomic mass is 9.99. The number of halogens is 1. The third-order valence-electron chi connectivity index (χ3n) is 5.77. The number of hydrogen-bond donors (Lipinski definition) is 0. The molecule has 3 aromatic rings. The van der Waals surface area contributed by atoms with Crippen LogP contribution in [-0.4, -0.2) is 46.0 Å². The van der Waals surface area contributed by atoms with Crippen molar-refractivity contribution in [3.8, 4) is 11.4 Å². The molecule has 0 radical (unpaired) electrons. The molecule has 0 N–H and O–H groups in total. The topological polar surface area (TPSA) is 62.5 Å². The van der Waals surface area contributed by atoms with E-state index in [2.05, 4.69) is 22.0 Å². The van der Waals surface area contributed by atoms with Crippen molar-refractivity contribution in [2.45, 2.75) is 32.9 Å². The Morgan fingerprint density at radius 1 is 1.13 bits per heavy atom. The minimum absolute atomic E-state index is 0.0791. The smallest absolute Gasteiger partial charge is 0.254 e.